The van der Waals surface area contributed by atoms with E-state index >= 15 is 17.6 Å². The minimum Gasteiger partial charge on any atom is -0.481 e. The molecule has 0 saturated carbocycles. The van der Waals surface area contributed by atoms with Crippen molar-refractivity contribution in [3.8, 4) is 70.7 Å². The van der Waals surface area contributed by atoms with Crippen molar-refractivity contribution in [2.24, 2.45) is 0 Å². The van der Waals surface area contributed by atoms with Gasteiger partial charge >= 0.3 is 0 Å². The molecule has 7 nitrogen and oxygen atoms in total. The van der Waals surface area contributed by atoms with Gasteiger partial charge in [0.1, 0.15) is 58.8 Å². The fourth-order valence-electron chi connectivity index (χ4n) is 5.27. The van der Waals surface area contributed by atoms with Crippen LogP contribution in [-0.4, -0.2) is 24.8 Å². The van der Waals surface area contributed by atoms with E-state index in [9.17, 15) is 27.2 Å². The van der Waals surface area contributed by atoms with Gasteiger partial charge in [0.15, 0.2) is 34.8 Å². The first kappa shape index (κ1) is 40.9. The van der Waals surface area contributed by atoms with E-state index < -0.39 is 91.9 Å². The molecule has 0 unspecified atom stereocenters. The van der Waals surface area contributed by atoms with Gasteiger partial charge in [-0.05, 0) is 97.1 Å². The van der Waals surface area contributed by atoms with Crippen LogP contribution in [0.2, 0.25) is 0 Å². The molecule has 0 aliphatic rings. The fourth-order valence-corrected chi connectivity index (χ4v) is 5.27. The molecule has 6 aromatic carbocycles. The van der Waals surface area contributed by atoms with Crippen molar-refractivity contribution in [3.05, 3.63) is 166 Å². The number of hydrogen-bond acceptors (Lipinski definition) is 7. The van der Waals surface area contributed by atoms with E-state index in [1.165, 1.54) is 48.5 Å². The highest BCUT2D eigenvalue weighted by Gasteiger charge is 2.33. The van der Waals surface area contributed by atoms with Gasteiger partial charge < -0.3 is 23.7 Å². The van der Waals surface area contributed by atoms with Gasteiger partial charge in [-0.2, -0.15) is 17.6 Å². The lowest BCUT2D eigenvalue weighted by Crippen LogP contribution is -2.13. The molecule has 0 aromatic heterocycles. The molecule has 0 heterocycles. The molecule has 0 amide bonds. The molecular formula is C44H22F8O7. The van der Waals surface area contributed by atoms with E-state index in [1.54, 1.807) is 0 Å². The van der Waals surface area contributed by atoms with Gasteiger partial charge in [-0.15, -0.1) is 12.8 Å². The molecule has 15 heteroatoms. The quantitative estimate of drug-likeness (QED) is 0.0469. The molecule has 0 atom stereocenters. The van der Waals surface area contributed by atoms with Gasteiger partial charge in [0.25, 0.3) is 0 Å². The van der Waals surface area contributed by atoms with Crippen LogP contribution in [0.4, 0.5) is 35.1 Å². The van der Waals surface area contributed by atoms with E-state index in [0.29, 0.717) is 0 Å². The summed E-state index contributed by atoms with van der Waals surface area (Å²) < 4.78 is 146. The highest BCUT2D eigenvalue weighted by molar-refractivity contribution is 6.10. The van der Waals surface area contributed by atoms with Crippen LogP contribution in [0.25, 0.3) is 0 Å². The smallest absolute Gasteiger partial charge is 0.205 e. The summed E-state index contributed by atoms with van der Waals surface area (Å²) in [6.07, 6.45) is 10.2. The highest BCUT2D eigenvalue weighted by atomic mass is 19.2. The van der Waals surface area contributed by atoms with Gasteiger partial charge in [-0.25, -0.2) is 17.6 Å². The number of ketones is 2. The topological polar surface area (TPSA) is 80.3 Å². The number of hydrogen-bond donors (Lipinski definition) is 0. The van der Waals surface area contributed by atoms with E-state index in [1.807, 2.05) is 0 Å². The second-order valence-corrected chi connectivity index (χ2v) is 11.9. The van der Waals surface area contributed by atoms with E-state index in [-0.39, 0.29) is 47.7 Å². The average molecular weight is 815 g/mol. The molecule has 6 rings (SSSR count). The standard InChI is InChI=1S/C44H22F8O7/c1-3-21-55-25-13-17-29(18-14-25)58-43-37(49)33(45)31(34(46)38(43)50)41(53)23-5-9-27(10-6-23)57-28-11-7-24(8-12-28)42(54)32-35(47)39(51)44(40(52)36(32)48)59-30-19-15-26(16-20-30)56-22-4-2/h1-2,5-20H,21-22H2. The molecule has 0 spiro atoms. The van der Waals surface area contributed by atoms with Crippen LogP contribution in [0.1, 0.15) is 31.8 Å². The first-order valence-electron chi connectivity index (χ1n) is 16.7. The maximum absolute atomic E-state index is 15.1. The molecule has 59 heavy (non-hydrogen) atoms. The summed E-state index contributed by atoms with van der Waals surface area (Å²) in [6.45, 7) is -0.128. The zero-order valence-corrected chi connectivity index (χ0v) is 29.7. The third kappa shape index (κ3) is 8.65. The fraction of sp³-hybridized carbons (Fsp3) is 0.0455. The highest BCUT2D eigenvalue weighted by Crippen LogP contribution is 2.37. The number of halogens is 8. The molecule has 0 fully saturated rings. The van der Waals surface area contributed by atoms with Gasteiger partial charge in [0.05, 0.1) is 0 Å². The number of benzene rings is 6. The zero-order valence-electron chi connectivity index (χ0n) is 29.7. The molecular weight excluding hydrogens is 792 g/mol. The molecule has 0 aliphatic heterocycles. The Kier molecular flexibility index (Phi) is 12.2. The summed E-state index contributed by atoms with van der Waals surface area (Å²) >= 11 is 0. The van der Waals surface area contributed by atoms with Crippen molar-refractivity contribution in [2.75, 3.05) is 13.2 Å². The van der Waals surface area contributed by atoms with Crippen LogP contribution in [0.3, 0.4) is 0 Å². The van der Waals surface area contributed by atoms with Gasteiger partial charge in [-0.1, -0.05) is 11.8 Å². The van der Waals surface area contributed by atoms with Crippen LogP contribution in [0.5, 0.6) is 46.0 Å². The maximum atomic E-state index is 15.1. The first-order chi connectivity index (χ1) is 28.3. The largest absolute Gasteiger partial charge is 0.481 e. The van der Waals surface area contributed by atoms with E-state index in [0.717, 1.165) is 48.5 Å². The average Bonchev–Trinajstić information content (AvgIpc) is 3.25. The van der Waals surface area contributed by atoms with Gasteiger partial charge in [0.2, 0.25) is 34.8 Å². The lowest BCUT2D eigenvalue weighted by atomic mass is 10.0. The minimum atomic E-state index is -2.02. The van der Waals surface area contributed by atoms with Crippen molar-refractivity contribution in [2.45, 2.75) is 0 Å². The molecule has 296 valence electrons. The lowest BCUT2D eigenvalue weighted by molar-refractivity contribution is 0.102. The van der Waals surface area contributed by atoms with E-state index in [2.05, 4.69) is 11.8 Å². The van der Waals surface area contributed by atoms with Crippen molar-refractivity contribution >= 4 is 11.6 Å². The van der Waals surface area contributed by atoms with Crippen LogP contribution in [-0.2, 0) is 0 Å². The Balaban J connectivity index is 1.13. The summed E-state index contributed by atoms with van der Waals surface area (Å²) in [4.78, 5) is 26.1. The Bertz CT molecular complexity index is 2410. The molecule has 6 aromatic rings. The number of carbonyl (C=O) groups is 2. The maximum Gasteiger partial charge on any atom is 0.205 e. The van der Waals surface area contributed by atoms with Gasteiger partial charge in [0, 0.05) is 11.1 Å². The monoisotopic (exact) mass is 814 g/mol. The third-order valence-corrected chi connectivity index (χ3v) is 8.10. The third-order valence-electron chi connectivity index (χ3n) is 8.10. The van der Waals surface area contributed by atoms with Crippen LogP contribution < -0.4 is 23.7 Å². The summed E-state index contributed by atoms with van der Waals surface area (Å²) in [5.41, 5.74) is -3.89. The summed E-state index contributed by atoms with van der Waals surface area (Å²) in [5.74, 6) is -17.1. The number of terminal acetylenes is 2. The summed E-state index contributed by atoms with van der Waals surface area (Å²) in [6, 6.07) is 18.9. The zero-order chi connectivity index (χ0) is 42.4. The van der Waals surface area contributed by atoms with Gasteiger partial charge in [-0.3, -0.25) is 9.59 Å². The predicted octanol–water partition coefficient (Wildman–Crippen LogP) is 10.7. The number of carbonyl (C=O) groups excluding carboxylic acids is 2. The second kappa shape index (κ2) is 17.6. The molecule has 0 aliphatic carbocycles. The molecule has 0 bridgehead atoms. The number of rotatable bonds is 14. The first-order valence-corrected chi connectivity index (χ1v) is 16.7. The van der Waals surface area contributed by atoms with E-state index in [4.69, 9.17) is 36.5 Å². The van der Waals surface area contributed by atoms with Crippen LogP contribution >= 0.6 is 0 Å². The Labute approximate surface area is 329 Å². The molecule has 0 radical (unpaired) electrons. The Morgan fingerprint density at radius 2 is 0.644 bits per heavy atom. The van der Waals surface area contributed by atoms with Crippen molar-refractivity contribution in [1.29, 1.82) is 0 Å². The lowest BCUT2D eigenvalue weighted by Gasteiger charge is -2.13. The van der Waals surface area contributed by atoms with Crippen molar-refractivity contribution in [3.63, 3.8) is 0 Å². The second-order valence-electron chi connectivity index (χ2n) is 11.9. The van der Waals surface area contributed by atoms with Crippen molar-refractivity contribution < 1.29 is 68.4 Å². The summed E-state index contributed by atoms with van der Waals surface area (Å²) in [5, 5.41) is 0. The Morgan fingerprint density at radius 1 is 0.390 bits per heavy atom. The molecule has 0 N–H and O–H groups in total. The Hall–Kier alpha value is -7.78. The summed E-state index contributed by atoms with van der Waals surface area (Å²) in [7, 11) is 0. The molecule has 0 saturated heterocycles. The van der Waals surface area contributed by atoms with Crippen LogP contribution in [0.15, 0.2) is 97.1 Å². The van der Waals surface area contributed by atoms with Crippen LogP contribution in [0, 0.1) is 71.2 Å². The SMILES string of the molecule is C#CCOc1ccc(Oc2c(F)c(F)c(C(=O)c3ccc(Oc4ccc(C(=O)c5c(F)c(F)c(Oc6ccc(OCC#C)cc6)c(F)c5F)cc4)cc3)c(F)c2F)cc1. The van der Waals surface area contributed by atoms with Crippen molar-refractivity contribution in [1.82, 2.24) is 0 Å². The number of ether oxygens (including phenoxy) is 5. The minimum absolute atomic E-state index is 0.00458. The normalized spacial score (nSPS) is 10.6. The Morgan fingerprint density at radius 3 is 0.932 bits per heavy atom. The predicted molar refractivity (Wildman–Crippen MR) is 194 cm³/mol.